The Labute approximate surface area is 781 Å². The van der Waals surface area contributed by atoms with E-state index in [4.69, 9.17) is 28.1 Å². The Morgan fingerprint density at radius 1 is 0.595 bits per heavy atom. The molecule has 0 saturated carbocycles. The topological polar surface area (TPSA) is 438 Å². The van der Waals surface area contributed by atoms with Gasteiger partial charge in [-0.3, -0.25) is 39.0 Å². The Kier molecular flexibility index (Phi) is 33.0. The summed E-state index contributed by atoms with van der Waals surface area (Å²) in [5.41, 5.74) is 3.17. The number of aryl methyl sites for hydroxylation is 1. The number of anilines is 1. The summed E-state index contributed by atoms with van der Waals surface area (Å²) in [6.45, 7) is 31.0. The van der Waals surface area contributed by atoms with Gasteiger partial charge in [0.2, 0.25) is 0 Å². The van der Waals surface area contributed by atoms with Crippen molar-refractivity contribution in [1.29, 1.82) is 0 Å². The third kappa shape index (κ3) is 25.2. The highest BCUT2D eigenvalue weighted by Gasteiger charge is 2.43. The fraction of sp³-hybridized carbons (Fsp3) is 0.494. The van der Waals surface area contributed by atoms with Crippen molar-refractivity contribution in [2.24, 2.45) is 5.84 Å². The second kappa shape index (κ2) is 44.4. The average Bonchev–Trinajstić information content (AvgIpc) is 1.65. The maximum atomic E-state index is 15.1. The van der Waals surface area contributed by atoms with Crippen LogP contribution in [-0.2, 0) is 109 Å². The predicted octanol–water partition coefficient (Wildman–Crippen LogP) is 11.1. The van der Waals surface area contributed by atoms with E-state index in [0.29, 0.717) is 112 Å². The number of ether oxygens (including phenoxy) is 3. The number of aromatic carboxylic acids is 1. The van der Waals surface area contributed by atoms with E-state index in [1.165, 1.54) is 90.4 Å². The molecule has 0 aliphatic carbocycles. The molecule has 8 aliphatic heterocycles. The lowest BCUT2D eigenvalue weighted by atomic mass is 10.0. The van der Waals surface area contributed by atoms with Gasteiger partial charge in [-0.25, -0.2) is 49.0 Å². The van der Waals surface area contributed by atoms with Gasteiger partial charge in [0.15, 0.2) is 29.1 Å². The number of nitrogens with two attached hydrogens (primary N) is 1. The number of aromatic nitrogens is 15. The van der Waals surface area contributed by atoms with E-state index in [1.807, 2.05) is 92.9 Å². The number of hydrogen-bond acceptors (Lipinski definition) is 28. The number of nitrogens with zero attached hydrogens (tertiary/aromatic N) is 18. The van der Waals surface area contributed by atoms with Crippen molar-refractivity contribution in [3.05, 3.63) is 204 Å². The fourth-order valence-corrected chi connectivity index (χ4v) is 22.4. The molecule has 4 fully saturated rings. The molecule has 7 unspecified atom stereocenters. The van der Waals surface area contributed by atoms with Gasteiger partial charge in [-0.2, -0.15) is 10.2 Å². The average molecular weight is 1920 g/mol. The minimum atomic E-state index is -1.32. The molecule has 7 atom stereocenters. The Balaban J connectivity index is 0.000000175. The Morgan fingerprint density at radius 2 is 1.05 bits per heavy atom. The van der Waals surface area contributed by atoms with Gasteiger partial charge < -0.3 is 58.8 Å². The van der Waals surface area contributed by atoms with E-state index in [1.54, 1.807) is 75.6 Å². The SMILES string of the molecule is C1CC2c3nnc4n3C(CNC4)CN2C1.CC(C)(C)OC(=O)N1CCCC1C=O.CC1CN(C(=O)c2cc(Cc3n[nH]c(=O)c4ccccc34)ccc2F)Cc2nnc(C3CCCN3C(=O)OC(C)(C)C)n21.CC1CNCc2nnc(C3CCCN3C(=O)OC(C)(C)C)n21.Cc1cncc(NN)n1.O=C(O)c1cc(Cc2n[nH]c(=O)c3ccccc23)ccc1F.S=S=S=S=S=S.[2H][2H].[HH]. The van der Waals surface area contributed by atoms with Gasteiger partial charge in [0.05, 0.1) is 101 Å². The number of hydrazine groups is 1. The Morgan fingerprint density at radius 3 is 1.56 bits per heavy atom. The van der Waals surface area contributed by atoms with Gasteiger partial charge in [0.1, 0.15) is 46.4 Å². The molecule has 6 aromatic heterocycles. The second-order valence-corrected chi connectivity index (χ2v) is 42.6. The lowest BCUT2D eigenvalue weighted by Gasteiger charge is -2.38. The number of carbonyl (C=O) groups is 6. The zero-order valence-electron chi connectivity index (χ0n) is 77.0. The number of aromatic amines is 2. The molecule has 704 valence electrons. The number of fused-ring (bicyclic) bond motifs is 6. The van der Waals surface area contributed by atoms with Crippen molar-refractivity contribution in [3.63, 3.8) is 0 Å². The van der Waals surface area contributed by atoms with Gasteiger partial charge in [0, 0.05) is 144 Å². The molecule has 4 aromatic carbocycles. The normalized spacial score (nSPS) is 19.4. The first-order valence-electron chi connectivity index (χ1n) is 44.1. The highest BCUT2D eigenvalue weighted by Crippen LogP contribution is 2.41. The number of hydrogen-bond donors (Lipinski definition) is 7. The zero-order valence-corrected chi connectivity index (χ0v) is 79.9. The van der Waals surface area contributed by atoms with Crippen LogP contribution in [0.15, 0.2) is 107 Å². The fourth-order valence-electron chi connectivity index (χ4n) is 16.9. The van der Waals surface area contributed by atoms with E-state index in [9.17, 15) is 42.7 Å². The maximum absolute atomic E-state index is 15.1. The molecule has 8 aliphatic rings. The van der Waals surface area contributed by atoms with Crippen LogP contribution in [0.2, 0.25) is 0 Å². The summed E-state index contributed by atoms with van der Waals surface area (Å²) < 4.78 is 61.4. The van der Waals surface area contributed by atoms with Gasteiger partial charge in [-0.15, -0.1) is 30.6 Å². The summed E-state index contributed by atoms with van der Waals surface area (Å²) >= 11 is 9.03. The van der Waals surface area contributed by atoms with Crippen LogP contribution in [0.3, 0.4) is 0 Å². The van der Waals surface area contributed by atoms with E-state index >= 15 is 4.39 Å². The van der Waals surface area contributed by atoms with E-state index in [2.05, 4.69) is 120 Å². The molecule has 18 rings (SSSR count). The minimum absolute atomic E-state index is 0. The first kappa shape index (κ1) is 97.4. The smallest absolute Gasteiger partial charge is 0.410 e. The number of benzene rings is 4. The quantitative estimate of drug-likeness (QED) is 0.0289. The number of carboxylic acids is 1. The van der Waals surface area contributed by atoms with Crippen molar-refractivity contribution in [1.82, 2.24) is 110 Å². The van der Waals surface area contributed by atoms with Gasteiger partial charge in [-0.05, 0) is 189 Å². The number of carbonyl (C=O) groups excluding carboxylic acids is 5. The third-order valence-corrected chi connectivity index (χ3v) is 29.1. The number of likely N-dealkylation sites (tertiary alicyclic amines) is 3. The monoisotopic (exact) mass is 1920 g/mol. The van der Waals surface area contributed by atoms with Crippen molar-refractivity contribution in [2.75, 3.05) is 57.8 Å². The standard InChI is InChI=1S/C31H34FN7O4.C16H11FN2O3.C15H25N5O2.C10H15N5.C10H17NO3.C5H8N4.S6.2H2/c1-18-16-37(17-26-34-35-27(39(18)26)25-10-7-13-38(25)30(42)43-31(2,3)4)29(41)22-14-19(11-12-23(22)32)15-24-20-8-5-6-9-21(20)28(40)36-33-24;17-13-6-5-9(7-12(13)16(21)22)8-14-10-3-1-2-4-11(10)15(20)19-18-14;1-10-8-16-9-12-17-18-13(20(10)12)11-6-5-7-19(11)14(21)22-15(2,3)4;1-2-8-10-13-12-9-5-11-4-7(15(9)10)6-14(8)3-1;1-10(2,3)14-9(13)11-6-4-5-8(11)7-12;1-4-2-7-3-5(8-4)9-6;1-3-5-6-4-2;;/h5-6,8-9,11-12,14,18,25H,7,10,13,15-17H2,1-4H3,(H,36,40);1-7H,8H2,(H,19,20)(H,21,22);10-11,16H,5-9H2,1-4H3;7-8,11H,1-6H2;7-8H,4-6H2,1-3H3;2-3H,6H2,1H3,(H,8,9);;2*1H/i;;;;;;;1+1D;. The van der Waals surface area contributed by atoms with Crippen LogP contribution in [-0.4, -0.2) is 216 Å². The molecule has 0 radical (unpaired) electrons. The number of rotatable bonds is 10. The largest absolute Gasteiger partial charge is 0.478 e. The van der Waals surface area contributed by atoms with Crippen molar-refractivity contribution in [3.8, 4) is 0 Å². The van der Waals surface area contributed by atoms with E-state index < -0.39 is 40.3 Å². The number of halogens is 2. The molecule has 36 nitrogen and oxygen atoms in total. The Hall–Kier alpha value is -11.1. The van der Waals surface area contributed by atoms with Gasteiger partial charge in [0.25, 0.3) is 17.0 Å². The lowest BCUT2D eigenvalue weighted by molar-refractivity contribution is -0.111. The molecular formula is C87H114F2N24O12S6. The summed E-state index contributed by atoms with van der Waals surface area (Å²) in [7, 11) is 5.63. The van der Waals surface area contributed by atoms with Crippen LogP contribution in [0.1, 0.15) is 252 Å². The summed E-state index contributed by atoms with van der Waals surface area (Å²) in [6.07, 6.45) is 11.3. The number of aldehydes is 1. The van der Waals surface area contributed by atoms with Crippen LogP contribution in [0.5, 0.6) is 0 Å². The summed E-state index contributed by atoms with van der Waals surface area (Å²) in [5, 5.41) is 57.5. The van der Waals surface area contributed by atoms with Gasteiger partial charge >= 0.3 is 24.2 Å². The molecular weight excluding hydrogens is 1800 g/mol. The van der Waals surface area contributed by atoms with E-state index in [0.717, 1.165) is 100 Å². The number of nitrogen functional groups attached to an aromatic ring is 1. The van der Waals surface area contributed by atoms with Crippen LogP contribution in [0.25, 0.3) is 21.5 Å². The minimum Gasteiger partial charge on any atom is -0.478 e. The molecule has 0 spiro atoms. The second-order valence-electron chi connectivity index (χ2n) is 35.5. The molecule has 10 aromatic rings. The number of amides is 4. The van der Waals surface area contributed by atoms with Gasteiger partial charge in [-0.1, -0.05) is 48.5 Å². The number of H-pyrrole nitrogens is 2. The van der Waals surface area contributed by atoms with Crippen molar-refractivity contribution < 1.29 is 61.3 Å². The van der Waals surface area contributed by atoms with Crippen LogP contribution >= 0.6 is 0 Å². The molecule has 131 heavy (non-hydrogen) atoms. The lowest BCUT2D eigenvalue weighted by Crippen LogP contribution is -2.45. The summed E-state index contributed by atoms with van der Waals surface area (Å²) in [6, 6.07) is 23.1. The molecule has 8 N–H and O–H groups in total. The Bertz CT molecular complexity index is 6120. The zero-order chi connectivity index (χ0) is 96.2. The first-order valence-corrected chi connectivity index (χ1v) is 49.8. The molecule has 4 saturated heterocycles. The van der Waals surface area contributed by atoms with Crippen LogP contribution in [0.4, 0.5) is 29.0 Å². The summed E-state index contributed by atoms with van der Waals surface area (Å²) in [4.78, 5) is 113. The maximum Gasteiger partial charge on any atom is 0.410 e. The van der Waals surface area contributed by atoms with E-state index in [-0.39, 0.29) is 79.1 Å². The molecule has 4 amide bonds. The van der Waals surface area contributed by atoms with Crippen molar-refractivity contribution >= 4 is 122 Å². The predicted molar refractivity (Wildman–Crippen MR) is 505 cm³/mol. The van der Waals surface area contributed by atoms with Crippen LogP contribution < -0.4 is 33.0 Å². The third-order valence-electron chi connectivity index (χ3n) is 22.5. The molecule has 0 bridgehead atoms. The molecule has 14 heterocycles. The highest BCUT2D eigenvalue weighted by molar-refractivity contribution is 8.64. The molecule has 44 heteroatoms. The first-order chi connectivity index (χ1) is 63.5. The number of carboxylic acid groups (broad SMARTS) is 1. The highest BCUT2D eigenvalue weighted by atomic mass is 33.3. The van der Waals surface area contributed by atoms with Crippen LogP contribution in [0, 0.1) is 18.6 Å². The number of nitrogens with one attached hydrogen (secondary N) is 5. The van der Waals surface area contributed by atoms with Crippen molar-refractivity contribution in [2.45, 2.75) is 226 Å². The summed E-state index contributed by atoms with van der Waals surface area (Å²) in [5.74, 6) is 7.95.